The molecule has 0 bridgehead atoms. The molecule has 3 heterocycles. The second-order valence-corrected chi connectivity index (χ2v) is 7.99. The molecule has 3 aliphatic heterocycles. The molecule has 1 amide bonds. The molecule has 3 fully saturated rings. The molecule has 0 saturated carbocycles. The number of hydrogen-bond acceptors (Lipinski definition) is 5. The molecule has 120 valence electrons. The molecule has 0 N–H and O–H groups in total. The standard InChI is InChI=1S/C13H22N2O5S/c1-21(17,18)14-6-3-12-11(9-14)10(4-8-19-12)13(16)15-5-2-7-20-15/h10-12H,2-9H2,1H3/t10-,11+,12-/m1/s1. The molecule has 0 radical (unpaired) electrons. The van der Waals surface area contributed by atoms with Gasteiger partial charge in [-0.15, -0.1) is 0 Å². The Labute approximate surface area is 125 Å². The van der Waals surface area contributed by atoms with Crippen LogP contribution in [-0.2, 0) is 24.4 Å². The summed E-state index contributed by atoms with van der Waals surface area (Å²) >= 11 is 0. The highest BCUT2D eigenvalue weighted by Crippen LogP contribution is 2.35. The van der Waals surface area contributed by atoms with Gasteiger partial charge in [-0.2, -0.15) is 0 Å². The average Bonchev–Trinajstić information content (AvgIpc) is 2.98. The van der Waals surface area contributed by atoms with Crippen LogP contribution in [0.5, 0.6) is 0 Å². The predicted molar refractivity (Wildman–Crippen MR) is 74.7 cm³/mol. The zero-order valence-corrected chi connectivity index (χ0v) is 13.0. The molecule has 0 spiro atoms. The van der Waals surface area contributed by atoms with Gasteiger partial charge >= 0.3 is 0 Å². The van der Waals surface area contributed by atoms with Gasteiger partial charge in [-0.05, 0) is 19.3 Å². The lowest BCUT2D eigenvalue weighted by Gasteiger charge is -2.44. The van der Waals surface area contributed by atoms with E-state index in [2.05, 4.69) is 0 Å². The number of nitrogens with zero attached hydrogens (tertiary/aromatic N) is 2. The average molecular weight is 318 g/mol. The third kappa shape index (κ3) is 3.08. The molecule has 3 aliphatic rings. The smallest absolute Gasteiger partial charge is 0.249 e. The largest absolute Gasteiger partial charge is 0.378 e. The van der Waals surface area contributed by atoms with Gasteiger partial charge < -0.3 is 4.74 Å². The Morgan fingerprint density at radius 3 is 2.67 bits per heavy atom. The van der Waals surface area contributed by atoms with Crippen molar-refractivity contribution in [1.29, 1.82) is 0 Å². The molecule has 8 heteroatoms. The van der Waals surface area contributed by atoms with Crippen LogP contribution in [0.15, 0.2) is 0 Å². The molecule has 3 rings (SSSR count). The maximum Gasteiger partial charge on any atom is 0.249 e. The molecular weight excluding hydrogens is 296 g/mol. The van der Waals surface area contributed by atoms with Gasteiger partial charge in [0.2, 0.25) is 15.9 Å². The van der Waals surface area contributed by atoms with E-state index in [0.29, 0.717) is 45.7 Å². The maximum absolute atomic E-state index is 12.6. The summed E-state index contributed by atoms with van der Waals surface area (Å²) in [6, 6.07) is 0. The van der Waals surface area contributed by atoms with E-state index in [0.717, 1.165) is 6.42 Å². The lowest BCUT2D eigenvalue weighted by atomic mass is 9.79. The Bertz CT molecular complexity index is 503. The van der Waals surface area contributed by atoms with Crippen LogP contribution >= 0.6 is 0 Å². The van der Waals surface area contributed by atoms with Crippen molar-refractivity contribution in [3.05, 3.63) is 0 Å². The van der Waals surface area contributed by atoms with Gasteiger partial charge in [0.1, 0.15) is 0 Å². The first kappa shape index (κ1) is 15.2. The van der Waals surface area contributed by atoms with Gasteiger partial charge in [0.15, 0.2) is 0 Å². The molecule has 0 unspecified atom stereocenters. The number of hydroxylamine groups is 2. The maximum atomic E-state index is 12.6. The van der Waals surface area contributed by atoms with E-state index < -0.39 is 10.0 Å². The number of piperidine rings is 1. The van der Waals surface area contributed by atoms with Crippen molar-refractivity contribution < 1.29 is 22.8 Å². The number of amides is 1. The van der Waals surface area contributed by atoms with E-state index >= 15 is 0 Å². The molecule has 0 aliphatic carbocycles. The molecule has 0 aromatic carbocycles. The molecule has 0 aromatic rings. The summed E-state index contributed by atoms with van der Waals surface area (Å²) < 4.78 is 30.7. The topological polar surface area (TPSA) is 76.2 Å². The Kier molecular flexibility index (Phi) is 4.22. The van der Waals surface area contributed by atoms with Gasteiger partial charge in [-0.25, -0.2) is 17.8 Å². The predicted octanol–water partition coefficient (Wildman–Crippen LogP) is -0.163. The molecule has 21 heavy (non-hydrogen) atoms. The zero-order chi connectivity index (χ0) is 15.0. The van der Waals surface area contributed by atoms with E-state index in [4.69, 9.17) is 9.57 Å². The van der Waals surface area contributed by atoms with Crippen LogP contribution in [0.4, 0.5) is 0 Å². The minimum atomic E-state index is -3.22. The SMILES string of the molecule is CS(=O)(=O)N1CC[C@H]2OCC[C@@H](C(=O)N3CCCO3)[C@@H]2C1. The summed E-state index contributed by atoms with van der Waals surface area (Å²) in [7, 11) is -3.22. The molecule has 0 aromatic heterocycles. The summed E-state index contributed by atoms with van der Waals surface area (Å²) in [6.07, 6.45) is 3.35. The van der Waals surface area contributed by atoms with E-state index in [-0.39, 0.29) is 23.8 Å². The quantitative estimate of drug-likeness (QED) is 0.707. The van der Waals surface area contributed by atoms with Crippen molar-refractivity contribution in [3.63, 3.8) is 0 Å². The van der Waals surface area contributed by atoms with Crippen molar-refractivity contribution in [2.24, 2.45) is 11.8 Å². The Morgan fingerprint density at radius 1 is 1.19 bits per heavy atom. The van der Waals surface area contributed by atoms with E-state index in [9.17, 15) is 13.2 Å². The highest BCUT2D eigenvalue weighted by Gasteiger charge is 2.45. The van der Waals surface area contributed by atoms with Gasteiger partial charge in [0, 0.05) is 31.5 Å². The lowest BCUT2D eigenvalue weighted by molar-refractivity contribution is -0.184. The van der Waals surface area contributed by atoms with Crippen molar-refractivity contribution in [3.8, 4) is 0 Å². The summed E-state index contributed by atoms with van der Waals surface area (Å²) in [6.45, 7) is 2.61. The van der Waals surface area contributed by atoms with Gasteiger partial charge in [-0.1, -0.05) is 0 Å². The first-order valence-corrected chi connectivity index (χ1v) is 9.32. The molecule has 3 saturated heterocycles. The van der Waals surface area contributed by atoms with E-state index in [1.54, 1.807) is 0 Å². The van der Waals surface area contributed by atoms with Gasteiger partial charge in [0.05, 0.1) is 25.5 Å². The highest BCUT2D eigenvalue weighted by atomic mass is 32.2. The van der Waals surface area contributed by atoms with E-state index in [1.807, 2.05) is 0 Å². The number of sulfonamides is 1. The Balaban J connectivity index is 1.75. The van der Waals surface area contributed by atoms with Crippen LogP contribution in [0, 0.1) is 11.8 Å². The first-order chi connectivity index (χ1) is 9.97. The van der Waals surface area contributed by atoms with Crippen molar-refractivity contribution in [2.75, 3.05) is 39.1 Å². The first-order valence-electron chi connectivity index (χ1n) is 7.48. The van der Waals surface area contributed by atoms with Crippen molar-refractivity contribution >= 4 is 15.9 Å². The normalized spacial score (nSPS) is 34.7. The van der Waals surface area contributed by atoms with Crippen LogP contribution in [0.1, 0.15) is 19.3 Å². The number of rotatable bonds is 2. The minimum absolute atomic E-state index is 0.0128. The fourth-order valence-electron chi connectivity index (χ4n) is 3.50. The summed E-state index contributed by atoms with van der Waals surface area (Å²) in [5.74, 6) is -0.286. The van der Waals surface area contributed by atoms with Crippen LogP contribution in [0.2, 0.25) is 0 Å². The monoisotopic (exact) mass is 318 g/mol. The Hall–Kier alpha value is -0.700. The number of carbonyl (C=O) groups excluding carboxylic acids is 1. The second-order valence-electron chi connectivity index (χ2n) is 6.01. The fraction of sp³-hybridized carbons (Fsp3) is 0.923. The summed E-state index contributed by atoms with van der Waals surface area (Å²) in [5, 5.41) is 1.45. The second kappa shape index (κ2) is 5.83. The van der Waals surface area contributed by atoms with Crippen LogP contribution < -0.4 is 0 Å². The highest BCUT2D eigenvalue weighted by molar-refractivity contribution is 7.88. The minimum Gasteiger partial charge on any atom is -0.378 e. The molecular formula is C13H22N2O5S. The van der Waals surface area contributed by atoms with Crippen molar-refractivity contribution in [1.82, 2.24) is 9.37 Å². The van der Waals surface area contributed by atoms with Crippen molar-refractivity contribution in [2.45, 2.75) is 25.4 Å². The molecule has 3 atom stereocenters. The third-order valence-corrected chi connectivity index (χ3v) is 5.89. The molecule has 7 nitrogen and oxygen atoms in total. The van der Waals surface area contributed by atoms with Crippen LogP contribution in [-0.4, -0.2) is 68.9 Å². The van der Waals surface area contributed by atoms with E-state index in [1.165, 1.54) is 15.6 Å². The third-order valence-electron chi connectivity index (χ3n) is 4.62. The van der Waals surface area contributed by atoms with Gasteiger partial charge in [-0.3, -0.25) is 9.63 Å². The summed E-state index contributed by atoms with van der Waals surface area (Å²) in [4.78, 5) is 17.9. The van der Waals surface area contributed by atoms with Crippen LogP contribution in [0.25, 0.3) is 0 Å². The zero-order valence-electron chi connectivity index (χ0n) is 12.2. The van der Waals surface area contributed by atoms with Gasteiger partial charge in [0.25, 0.3) is 0 Å². The number of ether oxygens (including phenoxy) is 1. The summed E-state index contributed by atoms with van der Waals surface area (Å²) in [5.41, 5.74) is 0. The number of hydrogen-bond donors (Lipinski definition) is 0. The Morgan fingerprint density at radius 2 is 2.00 bits per heavy atom. The lowest BCUT2D eigenvalue weighted by Crippen LogP contribution is -2.54. The fourth-order valence-corrected chi connectivity index (χ4v) is 4.38. The van der Waals surface area contributed by atoms with Crippen LogP contribution in [0.3, 0.4) is 0 Å². The number of fused-ring (bicyclic) bond motifs is 1. The number of carbonyl (C=O) groups is 1.